The van der Waals surface area contributed by atoms with Gasteiger partial charge in [-0.15, -0.1) is 11.6 Å². The van der Waals surface area contributed by atoms with E-state index in [-0.39, 0.29) is 42.4 Å². The highest BCUT2D eigenvalue weighted by Crippen LogP contribution is 2.38. The Kier molecular flexibility index (Phi) is 12.0. The number of hydrogen-bond acceptors (Lipinski definition) is 8. The van der Waals surface area contributed by atoms with Crippen molar-refractivity contribution in [3.05, 3.63) is 36.0 Å². The molecule has 2 saturated heterocycles. The Hall–Kier alpha value is -1.75. The minimum Gasteiger partial charge on any atom is -0.459 e. The van der Waals surface area contributed by atoms with Crippen molar-refractivity contribution in [1.82, 2.24) is 5.32 Å². The topological polar surface area (TPSA) is 124 Å². The summed E-state index contributed by atoms with van der Waals surface area (Å²) in [6.45, 7) is 10.7. The van der Waals surface area contributed by atoms with Crippen LogP contribution in [-0.2, 0) is 28.5 Å². The average molecular weight is 558 g/mol. The molecular weight excluding hydrogens is 514 g/mol. The summed E-state index contributed by atoms with van der Waals surface area (Å²) in [4.78, 5) is 23.3. The Labute approximate surface area is 231 Å². The molecule has 9 nitrogen and oxygen atoms in total. The Morgan fingerprint density at radius 2 is 1.95 bits per heavy atom. The number of amides is 1. The van der Waals surface area contributed by atoms with Crippen molar-refractivity contribution in [2.75, 3.05) is 13.0 Å². The van der Waals surface area contributed by atoms with Crippen LogP contribution >= 0.6 is 11.6 Å². The minimum atomic E-state index is -1.53. The lowest BCUT2D eigenvalue weighted by Crippen LogP contribution is -2.62. The van der Waals surface area contributed by atoms with Crippen molar-refractivity contribution in [3.8, 4) is 0 Å². The number of alkyl halides is 1. The van der Waals surface area contributed by atoms with E-state index in [4.69, 9.17) is 30.5 Å². The molecule has 0 aliphatic carbocycles. The predicted octanol–water partition coefficient (Wildman–Crippen LogP) is 3.17. The zero-order valence-electron chi connectivity index (χ0n) is 23.5. The third-order valence-corrected chi connectivity index (χ3v) is 7.64. The molecule has 9 atom stereocenters. The second-order valence-electron chi connectivity index (χ2n) is 10.7. The molecule has 2 rings (SSSR count). The zero-order chi connectivity index (χ0) is 28.7. The number of carbonyl (C=O) groups excluding carboxylic acids is 2. The number of carbonyl (C=O) groups is 2. The van der Waals surface area contributed by atoms with Gasteiger partial charge in [-0.05, 0) is 52.5 Å². The summed E-state index contributed by atoms with van der Waals surface area (Å²) in [5, 5.41) is 24.4. The van der Waals surface area contributed by atoms with Gasteiger partial charge in [0.15, 0.2) is 5.79 Å². The van der Waals surface area contributed by atoms with Gasteiger partial charge in [0.2, 0.25) is 5.91 Å². The molecule has 3 N–H and O–H groups in total. The quantitative estimate of drug-likeness (QED) is 0.162. The maximum atomic E-state index is 12.3. The molecule has 9 unspecified atom stereocenters. The number of methoxy groups -OCH3 is 1. The number of aliphatic hydroxyl groups excluding tert-OH is 1. The number of halogens is 1. The lowest BCUT2D eigenvalue weighted by molar-refractivity contribution is -0.311. The monoisotopic (exact) mass is 557 g/mol. The first kappa shape index (κ1) is 32.5. The van der Waals surface area contributed by atoms with Gasteiger partial charge < -0.3 is 34.5 Å². The third kappa shape index (κ3) is 9.17. The molecule has 0 saturated carbocycles. The number of ether oxygens (including phenoxy) is 4. The second-order valence-corrected chi connectivity index (χ2v) is 11.0. The number of esters is 1. The smallest absolute Gasteiger partial charge is 0.303 e. The Bertz CT molecular complexity index is 907. The lowest BCUT2D eigenvalue weighted by Gasteiger charge is -2.47. The van der Waals surface area contributed by atoms with Gasteiger partial charge in [0.25, 0.3) is 0 Å². The van der Waals surface area contributed by atoms with Crippen molar-refractivity contribution in [2.24, 2.45) is 5.92 Å². The van der Waals surface area contributed by atoms with Crippen LogP contribution in [0, 0.1) is 5.92 Å². The van der Waals surface area contributed by atoms with Gasteiger partial charge in [0.1, 0.15) is 23.9 Å². The Morgan fingerprint density at radius 1 is 1.26 bits per heavy atom. The molecule has 2 aliphatic rings. The van der Waals surface area contributed by atoms with Crippen molar-refractivity contribution in [3.63, 3.8) is 0 Å². The summed E-state index contributed by atoms with van der Waals surface area (Å²) in [6, 6.07) is -0.131. The van der Waals surface area contributed by atoms with Crippen LogP contribution in [0.5, 0.6) is 0 Å². The zero-order valence-corrected chi connectivity index (χ0v) is 24.2. The molecule has 0 aromatic rings. The van der Waals surface area contributed by atoms with E-state index >= 15 is 0 Å². The van der Waals surface area contributed by atoms with Crippen LogP contribution in [-0.4, -0.2) is 83.0 Å². The summed E-state index contributed by atoms with van der Waals surface area (Å²) >= 11 is 5.96. The number of rotatable bonds is 10. The minimum absolute atomic E-state index is 0.0179. The standard InChI is InChI=1S/C28H44ClNO8/c1-17(9-12-24-26(33)28(34,16-29)15-27(6,35-7)38-24)8-11-23-18(2)14-22(20(4)37-23)30-25(32)13-10-19(3)36-21(5)31/h8-10,12-13,18-20,22-24,26,33-34H,11,14-16H2,1-7H3,(H,30,32). The fourth-order valence-corrected chi connectivity index (χ4v) is 5.09. The molecule has 2 fully saturated rings. The summed E-state index contributed by atoms with van der Waals surface area (Å²) < 4.78 is 22.5. The van der Waals surface area contributed by atoms with Gasteiger partial charge in [0, 0.05) is 26.5 Å². The lowest BCUT2D eigenvalue weighted by atomic mass is 9.84. The van der Waals surface area contributed by atoms with E-state index in [1.807, 2.05) is 19.9 Å². The normalized spacial score (nSPS) is 37.4. The second kappa shape index (κ2) is 14.1. The van der Waals surface area contributed by atoms with E-state index in [0.29, 0.717) is 6.42 Å². The molecule has 2 heterocycles. The van der Waals surface area contributed by atoms with Crippen molar-refractivity contribution in [1.29, 1.82) is 0 Å². The average Bonchev–Trinajstić information content (AvgIpc) is 2.85. The fourth-order valence-electron chi connectivity index (χ4n) is 4.84. The Balaban J connectivity index is 1.93. The first-order chi connectivity index (χ1) is 17.7. The highest BCUT2D eigenvalue weighted by molar-refractivity contribution is 6.18. The molecule has 2 aliphatic heterocycles. The largest absolute Gasteiger partial charge is 0.459 e. The highest BCUT2D eigenvalue weighted by atomic mass is 35.5. The van der Waals surface area contributed by atoms with E-state index in [1.54, 1.807) is 26.0 Å². The van der Waals surface area contributed by atoms with Gasteiger partial charge in [-0.1, -0.05) is 30.7 Å². The van der Waals surface area contributed by atoms with Crippen LogP contribution in [0.3, 0.4) is 0 Å². The molecule has 1 amide bonds. The predicted molar refractivity (Wildman–Crippen MR) is 145 cm³/mol. The van der Waals surface area contributed by atoms with Crippen LogP contribution < -0.4 is 5.32 Å². The molecule has 0 aromatic carbocycles. The van der Waals surface area contributed by atoms with E-state index < -0.39 is 35.7 Å². The molecule has 0 radical (unpaired) electrons. The number of hydrogen-bond donors (Lipinski definition) is 3. The molecular formula is C28H44ClNO8. The van der Waals surface area contributed by atoms with E-state index in [2.05, 4.69) is 18.3 Å². The van der Waals surface area contributed by atoms with Crippen molar-refractivity contribution < 1.29 is 38.7 Å². The van der Waals surface area contributed by atoms with E-state index in [0.717, 1.165) is 12.0 Å². The summed E-state index contributed by atoms with van der Waals surface area (Å²) in [6.07, 6.45) is 7.38. The molecule has 0 spiro atoms. The molecule has 10 heteroatoms. The number of aliphatic hydroxyl groups is 2. The van der Waals surface area contributed by atoms with Crippen LogP contribution in [0.15, 0.2) is 36.0 Å². The number of nitrogens with one attached hydrogen (secondary N) is 1. The van der Waals surface area contributed by atoms with Gasteiger partial charge >= 0.3 is 5.97 Å². The van der Waals surface area contributed by atoms with Crippen LogP contribution in [0.4, 0.5) is 0 Å². The maximum absolute atomic E-state index is 12.3. The summed E-state index contributed by atoms with van der Waals surface area (Å²) in [7, 11) is 1.49. The SMILES string of the molecule is COC1(C)CC(O)(CCl)C(O)C(C=CC(C)=CCC2OC(C)C(NC(=O)C=CC(C)OC(C)=O)CC2C)O1. The van der Waals surface area contributed by atoms with E-state index in [1.165, 1.54) is 20.1 Å². The Morgan fingerprint density at radius 3 is 2.55 bits per heavy atom. The van der Waals surface area contributed by atoms with Crippen molar-refractivity contribution in [2.45, 2.75) is 109 Å². The molecule has 216 valence electrons. The van der Waals surface area contributed by atoms with Crippen molar-refractivity contribution >= 4 is 23.5 Å². The molecule has 0 bridgehead atoms. The highest BCUT2D eigenvalue weighted by Gasteiger charge is 2.52. The van der Waals surface area contributed by atoms with Crippen LogP contribution in [0.1, 0.15) is 60.8 Å². The first-order valence-corrected chi connectivity index (χ1v) is 13.6. The third-order valence-electron chi connectivity index (χ3n) is 7.17. The van der Waals surface area contributed by atoms with Gasteiger partial charge in [-0.25, -0.2) is 0 Å². The number of allylic oxidation sites excluding steroid dienone is 2. The fraction of sp³-hybridized carbons (Fsp3) is 0.714. The molecule has 0 aromatic heterocycles. The molecule has 38 heavy (non-hydrogen) atoms. The summed E-state index contributed by atoms with van der Waals surface area (Å²) in [5.74, 6) is -1.66. The van der Waals surface area contributed by atoms with Crippen LogP contribution in [0.2, 0.25) is 0 Å². The van der Waals surface area contributed by atoms with Gasteiger partial charge in [-0.2, -0.15) is 0 Å². The first-order valence-electron chi connectivity index (χ1n) is 13.1. The van der Waals surface area contributed by atoms with Crippen LogP contribution in [0.25, 0.3) is 0 Å². The summed E-state index contributed by atoms with van der Waals surface area (Å²) in [5.41, 5.74) is -0.577. The van der Waals surface area contributed by atoms with E-state index in [9.17, 15) is 19.8 Å². The van der Waals surface area contributed by atoms with Gasteiger partial charge in [-0.3, -0.25) is 9.59 Å². The van der Waals surface area contributed by atoms with Gasteiger partial charge in [0.05, 0.1) is 24.1 Å². The maximum Gasteiger partial charge on any atom is 0.303 e.